The molecule has 0 aliphatic carbocycles. The van der Waals surface area contributed by atoms with Crippen LogP contribution in [0.15, 0.2) is 18.2 Å². The molecule has 1 heterocycles. The molecule has 0 aromatic heterocycles. The maximum absolute atomic E-state index is 10.7. The highest BCUT2D eigenvalue weighted by atomic mass is 35.5. The first-order chi connectivity index (χ1) is 7.66. The molecule has 1 saturated heterocycles. The SMILES string of the molecule is O=[N+]([O-])c1cc(OC2CCNC2)ccc1Cl. The van der Waals surface area contributed by atoms with E-state index in [-0.39, 0.29) is 16.8 Å². The van der Waals surface area contributed by atoms with Gasteiger partial charge in [0.15, 0.2) is 0 Å². The van der Waals surface area contributed by atoms with E-state index >= 15 is 0 Å². The minimum Gasteiger partial charge on any atom is -0.489 e. The Labute approximate surface area is 97.5 Å². The number of halogens is 1. The fraction of sp³-hybridized carbons (Fsp3) is 0.400. The molecule has 0 radical (unpaired) electrons. The molecular formula is C10H11ClN2O3. The van der Waals surface area contributed by atoms with E-state index in [1.54, 1.807) is 6.07 Å². The molecule has 1 unspecified atom stereocenters. The summed E-state index contributed by atoms with van der Waals surface area (Å²) in [7, 11) is 0. The third kappa shape index (κ3) is 2.43. The van der Waals surface area contributed by atoms with Crippen LogP contribution in [0.2, 0.25) is 5.02 Å². The van der Waals surface area contributed by atoms with E-state index in [1.165, 1.54) is 12.1 Å². The lowest BCUT2D eigenvalue weighted by atomic mass is 10.3. The number of hydrogen-bond donors (Lipinski definition) is 1. The lowest BCUT2D eigenvalue weighted by Gasteiger charge is -2.12. The van der Waals surface area contributed by atoms with E-state index < -0.39 is 4.92 Å². The quantitative estimate of drug-likeness (QED) is 0.650. The summed E-state index contributed by atoms with van der Waals surface area (Å²) in [5.41, 5.74) is -0.120. The van der Waals surface area contributed by atoms with Gasteiger partial charge >= 0.3 is 0 Å². The molecule has 86 valence electrons. The summed E-state index contributed by atoms with van der Waals surface area (Å²) in [4.78, 5) is 10.2. The van der Waals surface area contributed by atoms with Gasteiger partial charge in [-0.1, -0.05) is 11.6 Å². The van der Waals surface area contributed by atoms with Crippen LogP contribution in [0.4, 0.5) is 5.69 Å². The molecule has 0 bridgehead atoms. The summed E-state index contributed by atoms with van der Waals surface area (Å²) in [6, 6.07) is 4.49. The number of nitro benzene ring substituents is 1. The highest BCUT2D eigenvalue weighted by molar-refractivity contribution is 6.32. The van der Waals surface area contributed by atoms with E-state index in [1.807, 2.05) is 0 Å². The van der Waals surface area contributed by atoms with Gasteiger partial charge in [-0.15, -0.1) is 0 Å². The predicted octanol–water partition coefficient (Wildman–Crippen LogP) is 1.99. The molecule has 0 amide bonds. The second-order valence-corrected chi connectivity index (χ2v) is 4.01. The van der Waals surface area contributed by atoms with Gasteiger partial charge in [-0.2, -0.15) is 0 Å². The lowest BCUT2D eigenvalue weighted by molar-refractivity contribution is -0.384. The molecule has 0 spiro atoms. The van der Waals surface area contributed by atoms with E-state index in [2.05, 4.69) is 5.32 Å². The molecule has 1 N–H and O–H groups in total. The van der Waals surface area contributed by atoms with Crippen molar-refractivity contribution in [2.75, 3.05) is 13.1 Å². The van der Waals surface area contributed by atoms with Crippen molar-refractivity contribution < 1.29 is 9.66 Å². The monoisotopic (exact) mass is 242 g/mol. The standard InChI is InChI=1S/C10H11ClN2O3/c11-9-2-1-7(5-10(9)13(14)15)16-8-3-4-12-6-8/h1-2,5,8,12H,3-4,6H2. The largest absolute Gasteiger partial charge is 0.489 e. The number of rotatable bonds is 3. The summed E-state index contributed by atoms with van der Waals surface area (Å²) in [5.74, 6) is 0.491. The second kappa shape index (κ2) is 4.67. The first kappa shape index (κ1) is 11.2. The zero-order valence-electron chi connectivity index (χ0n) is 8.48. The van der Waals surface area contributed by atoms with Crippen molar-refractivity contribution in [1.29, 1.82) is 0 Å². The van der Waals surface area contributed by atoms with Crippen molar-refractivity contribution in [3.05, 3.63) is 33.3 Å². The van der Waals surface area contributed by atoms with Gasteiger partial charge < -0.3 is 10.1 Å². The Kier molecular flexibility index (Phi) is 3.26. The first-order valence-corrected chi connectivity index (χ1v) is 5.36. The number of benzene rings is 1. The molecule has 1 aliphatic heterocycles. The third-order valence-electron chi connectivity index (χ3n) is 2.43. The molecule has 1 atom stereocenters. The second-order valence-electron chi connectivity index (χ2n) is 3.60. The van der Waals surface area contributed by atoms with E-state index in [9.17, 15) is 10.1 Å². The Bertz CT molecular complexity index is 405. The van der Waals surface area contributed by atoms with Crippen molar-refractivity contribution in [2.45, 2.75) is 12.5 Å². The molecule has 6 heteroatoms. The Morgan fingerprint density at radius 1 is 1.56 bits per heavy atom. The minimum absolute atomic E-state index is 0.0841. The van der Waals surface area contributed by atoms with Crippen molar-refractivity contribution in [3.8, 4) is 5.75 Å². The van der Waals surface area contributed by atoms with Crippen LogP contribution in [0, 0.1) is 10.1 Å². The zero-order chi connectivity index (χ0) is 11.5. The molecule has 1 fully saturated rings. The highest BCUT2D eigenvalue weighted by Crippen LogP contribution is 2.29. The topological polar surface area (TPSA) is 64.4 Å². The summed E-state index contributed by atoms with van der Waals surface area (Å²) < 4.78 is 5.60. The van der Waals surface area contributed by atoms with Crippen molar-refractivity contribution in [2.24, 2.45) is 0 Å². The van der Waals surface area contributed by atoms with Crippen LogP contribution in [0.5, 0.6) is 5.75 Å². The molecule has 1 aromatic rings. The molecule has 1 aromatic carbocycles. The summed E-state index contributed by atoms with van der Waals surface area (Å²) in [5, 5.41) is 13.9. The van der Waals surface area contributed by atoms with Crippen LogP contribution in [0.25, 0.3) is 0 Å². The van der Waals surface area contributed by atoms with Crippen LogP contribution in [0.1, 0.15) is 6.42 Å². The first-order valence-electron chi connectivity index (χ1n) is 4.98. The molecule has 0 saturated carbocycles. The Balaban J connectivity index is 2.15. The third-order valence-corrected chi connectivity index (χ3v) is 2.75. The van der Waals surface area contributed by atoms with E-state index in [4.69, 9.17) is 16.3 Å². The number of nitro groups is 1. The summed E-state index contributed by atoms with van der Waals surface area (Å²) >= 11 is 5.70. The number of nitrogens with one attached hydrogen (secondary N) is 1. The summed E-state index contributed by atoms with van der Waals surface area (Å²) in [6.45, 7) is 1.69. The van der Waals surface area contributed by atoms with Crippen molar-refractivity contribution >= 4 is 17.3 Å². The number of nitrogens with zero attached hydrogens (tertiary/aromatic N) is 1. The van der Waals surface area contributed by atoms with Crippen LogP contribution in [0.3, 0.4) is 0 Å². The number of ether oxygens (including phenoxy) is 1. The van der Waals surface area contributed by atoms with Gasteiger partial charge in [0.2, 0.25) is 0 Å². The van der Waals surface area contributed by atoms with Crippen molar-refractivity contribution in [1.82, 2.24) is 5.32 Å². The Hall–Kier alpha value is -1.33. The van der Waals surface area contributed by atoms with Crippen LogP contribution in [-0.2, 0) is 0 Å². The van der Waals surface area contributed by atoms with E-state index in [0.717, 1.165) is 19.5 Å². The maximum atomic E-state index is 10.7. The van der Waals surface area contributed by atoms with Gasteiger partial charge in [-0.25, -0.2) is 0 Å². The van der Waals surface area contributed by atoms with Crippen molar-refractivity contribution in [3.63, 3.8) is 0 Å². The Morgan fingerprint density at radius 3 is 3.00 bits per heavy atom. The molecule has 2 rings (SSSR count). The van der Waals surface area contributed by atoms with Gasteiger partial charge in [0, 0.05) is 6.54 Å². The van der Waals surface area contributed by atoms with Gasteiger partial charge in [0.1, 0.15) is 16.9 Å². The number of hydrogen-bond acceptors (Lipinski definition) is 4. The van der Waals surface area contributed by atoms with E-state index in [0.29, 0.717) is 5.75 Å². The molecule has 5 nitrogen and oxygen atoms in total. The van der Waals surface area contributed by atoms with Crippen LogP contribution < -0.4 is 10.1 Å². The summed E-state index contributed by atoms with van der Waals surface area (Å²) in [6.07, 6.45) is 0.997. The molecular weight excluding hydrogens is 232 g/mol. The van der Waals surface area contributed by atoms with Crippen LogP contribution >= 0.6 is 11.6 Å². The van der Waals surface area contributed by atoms with Gasteiger partial charge in [0.05, 0.1) is 11.0 Å². The molecule has 1 aliphatic rings. The Morgan fingerprint density at radius 2 is 2.38 bits per heavy atom. The average molecular weight is 243 g/mol. The lowest BCUT2D eigenvalue weighted by Crippen LogP contribution is -2.19. The van der Waals surface area contributed by atoms with Gasteiger partial charge in [-0.3, -0.25) is 10.1 Å². The normalized spacial score (nSPS) is 19.7. The average Bonchev–Trinajstić information content (AvgIpc) is 2.73. The van der Waals surface area contributed by atoms with Gasteiger partial charge in [-0.05, 0) is 25.1 Å². The predicted molar refractivity (Wildman–Crippen MR) is 60.0 cm³/mol. The van der Waals surface area contributed by atoms with Crippen LogP contribution in [-0.4, -0.2) is 24.1 Å². The van der Waals surface area contributed by atoms with Gasteiger partial charge in [0.25, 0.3) is 5.69 Å². The maximum Gasteiger partial charge on any atom is 0.291 e. The zero-order valence-corrected chi connectivity index (χ0v) is 9.24. The highest BCUT2D eigenvalue weighted by Gasteiger charge is 2.18. The fourth-order valence-electron chi connectivity index (χ4n) is 1.63. The fourth-order valence-corrected chi connectivity index (χ4v) is 1.81. The molecule has 16 heavy (non-hydrogen) atoms. The smallest absolute Gasteiger partial charge is 0.291 e. The minimum atomic E-state index is -0.512.